The van der Waals surface area contributed by atoms with Crippen molar-refractivity contribution in [2.24, 2.45) is 11.3 Å². The van der Waals surface area contributed by atoms with Crippen LogP contribution in [0.1, 0.15) is 32.1 Å². The van der Waals surface area contributed by atoms with Gasteiger partial charge < -0.3 is 10.2 Å². The molecule has 0 radical (unpaired) electrons. The van der Waals surface area contributed by atoms with Crippen LogP contribution in [0.15, 0.2) is 12.7 Å². The summed E-state index contributed by atoms with van der Waals surface area (Å²) < 4.78 is 0. The fourth-order valence-corrected chi connectivity index (χ4v) is 2.49. The minimum Gasteiger partial charge on any atom is -0.481 e. The third kappa shape index (κ3) is 3.55. The molecule has 0 aromatic carbocycles. The van der Waals surface area contributed by atoms with E-state index < -0.39 is 11.9 Å². The van der Waals surface area contributed by atoms with Crippen LogP contribution in [0.4, 0.5) is 0 Å². The van der Waals surface area contributed by atoms with Crippen molar-refractivity contribution >= 4 is 11.9 Å². The molecule has 2 bridgehead atoms. The van der Waals surface area contributed by atoms with Crippen LogP contribution in [-0.4, -0.2) is 22.2 Å². The number of carboxylic acid groups (broad SMARTS) is 2. The molecule has 0 aromatic rings. The minimum absolute atomic E-state index is 0. The van der Waals surface area contributed by atoms with E-state index in [2.05, 4.69) is 6.58 Å². The van der Waals surface area contributed by atoms with Gasteiger partial charge in [-0.15, -0.1) is 0 Å². The summed E-state index contributed by atoms with van der Waals surface area (Å²) in [5.41, 5.74) is -0.273. The number of hydrogen-bond acceptors (Lipinski definition) is 2. The van der Waals surface area contributed by atoms with Crippen LogP contribution < -0.4 is 0 Å². The first kappa shape index (κ1) is 15.6. The van der Waals surface area contributed by atoms with Crippen molar-refractivity contribution in [1.29, 1.82) is 0 Å². The molecule has 0 heterocycles. The quantitative estimate of drug-likeness (QED) is 0.764. The molecule has 2 rings (SSSR count). The van der Waals surface area contributed by atoms with Gasteiger partial charge >= 0.3 is 11.9 Å². The van der Waals surface area contributed by atoms with E-state index in [-0.39, 0.29) is 31.6 Å². The number of fused-ring (bicyclic) bond motifs is 2. The molecule has 0 amide bonds. The maximum atomic E-state index is 10.8. The summed E-state index contributed by atoms with van der Waals surface area (Å²) in [4.78, 5) is 20.0. The molecule has 4 nitrogen and oxygen atoms in total. The average Bonchev–Trinajstić information content (AvgIpc) is 2.79. The van der Waals surface area contributed by atoms with Crippen LogP contribution in [0.2, 0.25) is 0 Å². The molecule has 0 aliphatic heterocycles. The summed E-state index contributed by atoms with van der Waals surface area (Å²) in [6.07, 6.45) is 5.99. The Hall–Kier alpha value is -0.437. The predicted octanol–water partition coefficient (Wildman–Crippen LogP) is 1.91. The fraction of sp³-hybridized carbons (Fsp3) is 0.636. The van der Waals surface area contributed by atoms with Gasteiger partial charge in [-0.25, -0.2) is 4.79 Å². The van der Waals surface area contributed by atoms with Crippen molar-refractivity contribution in [3.05, 3.63) is 12.7 Å². The van der Waals surface area contributed by atoms with Gasteiger partial charge in [0, 0.05) is 32.3 Å². The largest absolute Gasteiger partial charge is 0.481 e. The van der Waals surface area contributed by atoms with Crippen LogP contribution in [0.25, 0.3) is 0 Å². The molecule has 2 aliphatic carbocycles. The first-order valence-corrected chi connectivity index (χ1v) is 5.09. The summed E-state index contributed by atoms with van der Waals surface area (Å²) in [5, 5.41) is 16.5. The van der Waals surface area contributed by atoms with E-state index in [4.69, 9.17) is 10.2 Å². The number of aliphatic carboxylic acids is 2. The normalized spacial score (nSPS) is 29.6. The average molecular weight is 303 g/mol. The number of rotatable bonds is 2. The Labute approximate surface area is 114 Å². The third-order valence-electron chi connectivity index (χ3n) is 3.37. The SMILES string of the molecule is C=CC(=O)O.O=C(O)C12CCC(CC1)C2.[Zr]. The molecule has 0 aromatic heterocycles. The predicted molar refractivity (Wildman–Crippen MR) is 54.5 cm³/mol. The molecule has 0 atom stereocenters. The van der Waals surface area contributed by atoms with Crippen LogP contribution in [0.3, 0.4) is 0 Å². The number of hydrogen-bond donors (Lipinski definition) is 2. The second-order valence-electron chi connectivity index (χ2n) is 4.28. The maximum absolute atomic E-state index is 10.8. The summed E-state index contributed by atoms with van der Waals surface area (Å²) in [7, 11) is 0. The molecular formula is C11H16O4Zr. The van der Waals surface area contributed by atoms with Crippen LogP contribution in [-0.2, 0) is 35.8 Å². The molecule has 2 aliphatic rings. The van der Waals surface area contributed by atoms with Gasteiger partial charge in [0.05, 0.1) is 5.41 Å². The zero-order valence-corrected chi connectivity index (χ0v) is 11.6. The first-order valence-electron chi connectivity index (χ1n) is 5.09. The molecule has 2 N–H and O–H groups in total. The Bertz CT molecular complexity index is 280. The standard InChI is InChI=1S/C8H12O2.C3H4O2.Zr/c9-7(10)8-3-1-6(5-8)2-4-8;1-2-3(4)5;/h6H,1-5H2,(H,9,10);2H,1H2,(H,4,5);. The van der Waals surface area contributed by atoms with Crippen molar-refractivity contribution in [1.82, 2.24) is 0 Å². The van der Waals surface area contributed by atoms with Gasteiger partial charge in [-0.05, 0) is 38.0 Å². The van der Waals surface area contributed by atoms with Gasteiger partial charge in [0.25, 0.3) is 0 Å². The van der Waals surface area contributed by atoms with Crippen LogP contribution in [0, 0.1) is 11.3 Å². The topological polar surface area (TPSA) is 74.6 Å². The van der Waals surface area contributed by atoms with E-state index in [1.165, 1.54) is 0 Å². The zero-order valence-electron chi connectivity index (χ0n) is 9.11. The summed E-state index contributed by atoms with van der Waals surface area (Å²) in [6.45, 7) is 2.96. The van der Waals surface area contributed by atoms with E-state index >= 15 is 0 Å². The molecular weight excluding hydrogens is 287 g/mol. The van der Waals surface area contributed by atoms with Crippen LogP contribution >= 0.6 is 0 Å². The van der Waals surface area contributed by atoms with Crippen molar-refractivity contribution < 1.29 is 46.0 Å². The molecule has 0 unspecified atom stereocenters. The van der Waals surface area contributed by atoms with Gasteiger partial charge in [-0.1, -0.05) is 6.58 Å². The van der Waals surface area contributed by atoms with Crippen molar-refractivity contribution in [2.45, 2.75) is 32.1 Å². The van der Waals surface area contributed by atoms with Crippen molar-refractivity contribution in [3.63, 3.8) is 0 Å². The van der Waals surface area contributed by atoms with Crippen molar-refractivity contribution in [3.8, 4) is 0 Å². The summed E-state index contributed by atoms with van der Waals surface area (Å²) >= 11 is 0. The van der Waals surface area contributed by atoms with Gasteiger partial charge in [0.15, 0.2) is 0 Å². The second kappa shape index (κ2) is 6.34. The Morgan fingerprint density at radius 2 is 1.69 bits per heavy atom. The molecule has 88 valence electrons. The Morgan fingerprint density at radius 1 is 1.25 bits per heavy atom. The molecule has 0 saturated heterocycles. The van der Waals surface area contributed by atoms with Gasteiger partial charge in [0.2, 0.25) is 0 Å². The summed E-state index contributed by atoms with van der Waals surface area (Å²) in [5.74, 6) is -0.784. The zero-order chi connectivity index (χ0) is 11.5. The maximum Gasteiger partial charge on any atom is 0.327 e. The molecule has 5 heteroatoms. The van der Waals surface area contributed by atoms with Crippen LogP contribution in [0.5, 0.6) is 0 Å². The van der Waals surface area contributed by atoms with Crippen molar-refractivity contribution in [2.75, 3.05) is 0 Å². The number of carboxylic acids is 2. The monoisotopic (exact) mass is 302 g/mol. The van der Waals surface area contributed by atoms with Gasteiger partial charge in [-0.3, -0.25) is 4.79 Å². The Morgan fingerprint density at radius 3 is 1.81 bits per heavy atom. The Balaban J connectivity index is 0.000000330. The van der Waals surface area contributed by atoms with E-state index in [0.717, 1.165) is 44.1 Å². The smallest absolute Gasteiger partial charge is 0.327 e. The van der Waals surface area contributed by atoms with E-state index in [0.29, 0.717) is 0 Å². The van der Waals surface area contributed by atoms with Gasteiger partial charge in [-0.2, -0.15) is 0 Å². The summed E-state index contributed by atoms with van der Waals surface area (Å²) in [6, 6.07) is 0. The first-order chi connectivity index (χ1) is 7.00. The molecule has 0 spiro atoms. The molecule has 16 heavy (non-hydrogen) atoms. The van der Waals surface area contributed by atoms with E-state index in [1.54, 1.807) is 0 Å². The Kier molecular flexibility index (Phi) is 6.16. The van der Waals surface area contributed by atoms with Gasteiger partial charge in [0.1, 0.15) is 0 Å². The second-order valence-corrected chi connectivity index (χ2v) is 4.28. The fourth-order valence-electron chi connectivity index (χ4n) is 2.49. The molecule has 2 saturated carbocycles. The van der Waals surface area contributed by atoms with E-state index in [1.807, 2.05) is 0 Å². The van der Waals surface area contributed by atoms with E-state index in [9.17, 15) is 9.59 Å². The minimum atomic E-state index is -0.981. The molecule has 2 fully saturated rings. The third-order valence-corrected chi connectivity index (χ3v) is 3.37. The number of carbonyl (C=O) groups is 2.